The number of primary sulfonamides is 1. The molecule has 5 N–H and O–H groups in total. The van der Waals surface area contributed by atoms with Gasteiger partial charge in [0.15, 0.2) is 0 Å². The maximum absolute atomic E-state index is 11.3. The average Bonchev–Trinajstić information content (AvgIpc) is 2.90. The van der Waals surface area contributed by atoms with Gasteiger partial charge in [0.25, 0.3) is 0 Å². The van der Waals surface area contributed by atoms with E-state index in [1.807, 2.05) is 12.3 Å². The predicted molar refractivity (Wildman–Crippen MR) is 81.0 cm³/mol. The van der Waals surface area contributed by atoms with Gasteiger partial charge >= 0.3 is 0 Å². The number of rotatable bonds is 5. The van der Waals surface area contributed by atoms with E-state index in [0.717, 1.165) is 11.4 Å². The Morgan fingerprint density at radius 3 is 2.70 bits per heavy atom. The maximum Gasteiger partial charge on any atom is 0.238 e. The molecule has 20 heavy (non-hydrogen) atoms. The molecule has 6 nitrogen and oxygen atoms in total. The van der Waals surface area contributed by atoms with Crippen molar-refractivity contribution in [2.45, 2.75) is 24.3 Å². The molecule has 2 aromatic rings. The lowest BCUT2D eigenvalue weighted by Gasteiger charge is -2.17. The SMILES string of the molecule is CCC(Nc1ccc(S(N)(=O)=O)cc1N)c1nccs1. The van der Waals surface area contributed by atoms with E-state index in [-0.39, 0.29) is 10.9 Å². The van der Waals surface area contributed by atoms with Crippen LogP contribution in [-0.2, 0) is 10.0 Å². The van der Waals surface area contributed by atoms with Crippen LogP contribution in [0.2, 0.25) is 0 Å². The van der Waals surface area contributed by atoms with E-state index in [9.17, 15) is 8.42 Å². The van der Waals surface area contributed by atoms with E-state index in [4.69, 9.17) is 10.9 Å². The van der Waals surface area contributed by atoms with Crippen molar-refractivity contribution in [2.24, 2.45) is 5.14 Å². The van der Waals surface area contributed by atoms with Crippen LogP contribution in [0.1, 0.15) is 24.4 Å². The quantitative estimate of drug-likeness (QED) is 0.731. The maximum atomic E-state index is 11.3. The highest BCUT2D eigenvalue weighted by molar-refractivity contribution is 7.89. The number of nitrogens with two attached hydrogens (primary N) is 2. The lowest BCUT2D eigenvalue weighted by molar-refractivity contribution is 0.598. The third kappa shape index (κ3) is 3.27. The van der Waals surface area contributed by atoms with Crippen molar-refractivity contribution in [3.05, 3.63) is 34.8 Å². The van der Waals surface area contributed by atoms with Gasteiger partial charge in [-0.25, -0.2) is 18.5 Å². The fraction of sp³-hybridized carbons (Fsp3) is 0.250. The minimum atomic E-state index is -3.74. The second-order valence-electron chi connectivity index (χ2n) is 4.27. The first-order valence-corrected chi connectivity index (χ1v) is 8.42. The topological polar surface area (TPSA) is 111 Å². The van der Waals surface area contributed by atoms with Crippen LogP contribution in [0.25, 0.3) is 0 Å². The molecule has 2 rings (SSSR count). The number of nitrogens with one attached hydrogen (secondary N) is 1. The normalized spacial score (nSPS) is 13.1. The van der Waals surface area contributed by atoms with Crippen molar-refractivity contribution >= 4 is 32.7 Å². The molecule has 1 atom stereocenters. The molecule has 0 aliphatic rings. The standard InChI is InChI=1S/C12H16N4O2S2/c1-2-10(12-15-5-6-19-12)16-11-4-3-8(7-9(11)13)20(14,17)18/h3-7,10,16H,2,13H2,1H3,(H2,14,17,18). The number of hydrogen-bond donors (Lipinski definition) is 3. The molecule has 0 radical (unpaired) electrons. The van der Waals surface area contributed by atoms with Crippen LogP contribution in [0.15, 0.2) is 34.7 Å². The highest BCUT2D eigenvalue weighted by atomic mass is 32.2. The molecule has 0 amide bonds. The van der Waals surface area contributed by atoms with Gasteiger partial charge in [0, 0.05) is 11.6 Å². The summed E-state index contributed by atoms with van der Waals surface area (Å²) in [6.07, 6.45) is 2.59. The van der Waals surface area contributed by atoms with Crippen LogP contribution in [0.5, 0.6) is 0 Å². The van der Waals surface area contributed by atoms with E-state index in [1.54, 1.807) is 23.6 Å². The number of nitrogens with zero attached hydrogens (tertiary/aromatic N) is 1. The molecule has 0 bridgehead atoms. The van der Waals surface area contributed by atoms with Crippen molar-refractivity contribution in [3.63, 3.8) is 0 Å². The minimum absolute atomic E-state index is 0.00264. The first-order chi connectivity index (χ1) is 9.41. The Bertz CT molecular complexity index is 683. The molecular formula is C12H16N4O2S2. The van der Waals surface area contributed by atoms with Crippen molar-refractivity contribution in [2.75, 3.05) is 11.1 Å². The van der Waals surface area contributed by atoms with E-state index < -0.39 is 10.0 Å². The highest BCUT2D eigenvalue weighted by Gasteiger charge is 2.15. The second-order valence-corrected chi connectivity index (χ2v) is 6.76. The van der Waals surface area contributed by atoms with Gasteiger partial charge in [-0.2, -0.15) is 0 Å². The second kappa shape index (κ2) is 5.78. The smallest absolute Gasteiger partial charge is 0.238 e. The van der Waals surface area contributed by atoms with Crippen molar-refractivity contribution in [1.82, 2.24) is 4.98 Å². The number of thiazole rings is 1. The summed E-state index contributed by atoms with van der Waals surface area (Å²) in [6.45, 7) is 2.04. The van der Waals surface area contributed by atoms with Gasteiger partial charge in [0.05, 0.1) is 22.3 Å². The summed E-state index contributed by atoms with van der Waals surface area (Å²) >= 11 is 1.56. The molecule has 1 unspecified atom stereocenters. The van der Waals surface area contributed by atoms with Crippen molar-refractivity contribution < 1.29 is 8.42 Å². The summed E-state index contributed by atoms with van der Waals surface area (Å²) in [5, 5.41) is 11.2. The minimum Gasteiger partial charge on any atom is -0.397 e. The van der Waals surface area contributed by atoms with Crippen LogP contribution in [0, 0.1) is 0 Å². The zero-order valence-corrected chi connectivity index (χ0v) is 12.5. The predicted octanol–water partition coefficient (Wildman–Crippen LogP) is 1.94. The van der Waals surface area contributed by atoms with Crippen LogP contribution < -0.4 is 16.2 Å². The molecule has 108 valence electrons. The van der Waals surface area contributed by atoms with Gasteiger partial charge in [-0.1, -0.05) is 6.92 Å². The van der Waals surface area contributed by atoms with Gasteiger partial charge in [-0.05, 0) is 24.6 Å². The molecule has 0 saturated carbocycles. The van der Waals surface area contributed by atoms with Crippen LogP contribution in [0.3, 0.4) is 0 Å². The molecule has 0 saturated heterocycles. The van der Waals surface area contributed by atoms with Gasteiger partial charge in [0.1, 0.15) is 5.01 Å². The zero-order valence-electron chi connectivity index (χ0n) is 10.9. The first kappa shape index (κ1) is 14.8. The van der Waals surface area contributed by atoms with Gasteiger partial charge in [0.2, 0.25) is 10.0 Å². The van der Waals surface area contributed by atoms with Crippen LogP contribution >= 0.6 is 11.3 Å². The summed E-state index contributed by atoms with van der Waals surface area (Å²) in [4.78, 5) is 4.27. The lowest BCUT2D eigenvalue weighted by Crippen LogP contribution is -2.14. The number of benzene rings is 1. The Hall–Kier alpha value is -1.64. The summed E-state index contributed by atoms with van der Waals surface area (Å²) in [7, 11) is -3.74. The monoisotopic (exact) mass is 312 g/mol. The summed E-state index contributed by atoms with van der Waals surface area (Å²) < 4.78 is 22.5. The molecular weight excluding hydrogens is 296 g/mol. The van der Waals surface area contributed by atoms with E-state index in [1.165, 1.54) is 12.1 Å². The average molecular weight is 312 g/mol. The number of anilines is 2. The molecule has 1 aromatic heterocycles. The third-order valence-electron chi connectivity index (χ3n) is 2.84. The fourth-order valence-corrected chi connectivity index (χ4v) is 3.10. The lowest BCUT2D eigenvalue weighted by atomic mass is 10.2. The Kier molecular flexibility index (Phi) is 4.26. The summed E-state index contributed by atoms with van der Waals surface area (Å²) in [5.41, 5.74) is 6.88. The van der Waals surface area contributed by atoms with Crippen molar-refractivity contribution in [1.29, 1.82) is 0 Å². The Balaban J connectivity index is 2.26. The largest absolute Gasteiger partial charge is 0.397 e. The van der Waals surface area contributed by atoms with E-state index in [2.05, 4.69) is 10.3 Å². The van der Waals surface area contributed by atoms with Crippen LogP contribution in [-0.4, -0.2) is 13.4 Å². The van der Waals surface area contributed by atoms with Gasteiger partial charge in [-0.3, -0.25) is 0 Å². The Labute approximate surface area is 121 Å². The molecule has 0 aliphatic carbocycles. The summed E-state index contributed by atoms with van der Waals surface area (Å²) in [5.74, 6) is 0. The number of sulfonamides is 1. The molecule has 0 fully saturated rings. The molecule has 0 aliphatic heterocycles. The number of nitrogen functional groups attached to an aromatic ring is 1. The van der Waals surface area contributed by atoms with Gasteiger partial charge < -0.3 is 11.1 Å². The molecule has 1 heterocycles. The molecule has 0 spiro atoms. The Morgan fingerprint density at radius 2 is 2.20 bits per heavy atom. The van der Waals surface area contributed by atoms with Crippen molar-refractivity contribution in [3.8, 4) is 0 Å². The van der Waals surface area contributed by atoms with Gasteiger partial charge in [-0.15, -0.1) is 11.3 Å². The molecule has 1 aromatic carbocycles. The fourth-order valence-electron chi connectivity index (χ4n) is 1.78. The zero-order chi connectivity index (χ0) is 14.8. The van der Waals surface area contributed by atoms with E-state index >= 15 is 0 Å². The first-order valence-electron chi connectivity index (χ1n) is 6.00. The summed E-state index contributed by atoms with van der Waals surface area (Å²) in [6, 6.07) is 4.44. The highest BCUT2D eigenvalue weighted by Crippen LogP contribution is 2.28. The molecule has 8 heteroatoms. The third-order valence-corrected chi connectivity index (χ3v) is 4.64. The Morgan fingerprint density at radius 1 is 1.45 bits per heavy atom. The van der Waals surface area contributed by atoms with E-state index in [0.29, 0.717) is 11.4 Å². The number of aromatic nitrogens is 1. The number of hydrogen-bond acceptors (Lipinski definition) is 6. The van der Waals surface area contributed by atoms with Crippen LogP contribution in [0.4, 0.5) is 11.4 Å².